The summed E-state index contributed by atoms with van der Waals surface area (Å²) in [5.41, 5.74) is 6.82. The normalized spacial score (nSPS) is 12.5. The number of carbonyl (C=O) groups excluding carboxylic acids is 3. The number of phenols is 1. The van der Waals surface area contributed by atoms with Crippen molar-refractivity contribution in [3.63, 3.8) is 0 Å². The molecule has 0 fully saturated rings. The average Bonchev–Trinajstić information content (AvgIpc) is 3.19. The monoisotopic (exact) mass is 393 g/mol. The summed E-state index contributed by atoms with van der Waals surface area (Å²) < 4.78 is 6.69. The van der Waals surface area contributed by atoms with E-state index in [9.17, 15) is 19.5 Å². The van der Waals surface area contributed by atoms with Crippen molar-refractivity contribution in [1.29, 1.82) is 0 Å². The number of primary amides is 1. The van der Waals surface area contributed by atoms with Crippen LogP contribution in [0, 0.1) is 0 Å². The van der Waals surface area contributed by atoms with Crippen LogP contribution in [0.4, 0.5) is 11.4 Å². The van der Waals surface area contributed by atoms with Crippen molar-refractivity contribution >= 4 is 29.1 Å². The molecule has 4 rings (SSSR count). The van der Waals surface area contributed by atoms with E-state index in [0.29, 0.717) is 22.8 Å². The van der Waals surface area contributed by atoms with E-state index in [1.54, 1.807) is 24.3 Å². The molecule has 1 aromatic heterocycles. The fourth-order valence-electron chi connectivity index (χ4n) is 2.79. The van der Waals surface area contributed by atoms with Crippen LogP contribution in [0.25, 0.3) is 5.69 Å². The lowest BCUT2D eigenvalue weighted by atomic mass is 10.1. The predicted molar refractivity (Wildman–Crippen MR) is 102 cm³/mol. The van der Waals surface area contributed by atoms with E-state index in [0.717, 1.165) is 0 Å². The zero-order valence-corrected chi connectivity index (χ0v) is 14.9. The molecule has 0 spiro atoms. The molecule has 5 N–H and O–H groups in total. The molecule has 1 aliphatic heterocycles. The number of aromatic hydroxyl groups is 1. The third-order valence-electron chi connectivity index (χ3n) is 4.23. The number of anilines is 2. The third-order valence-corrected chi connectivity index (χ3v) is 4.23. The Morgan fingerprint density at radius 1 is 1.24 bits per heavy atom. The highest BCUT2D eigenvalue weighted by molar-refractivity contribution is 6.07. The van der Waals surface area contributed by atoms with Crippen LogP contribution in [0.2, 0.25) is 0 Å². The first kappa shape index (κ1) is 18.0. The Morgan fingerprint density at radius 3 is 2.83 bits per heavy atom. The maximum Gasteiger partial charge on any atom is 0.262 e. The lowest BCUT2D eigenvalue weighted by Gasteiger charge is -2.18. The molecule has 0 saturated heterocycles. The zero-order chi connectivity index (χ0) is 20.5. The Bertz CT molecular complexity index is 1150. The lowest BCUT2D eigenvalue weighted by Crippen LogP contribution is -2.25. The second kappa shape index (κ2) is 7.00. The first-order valence-corrected chi connectivity index (χ1v) is 8.46. The van der Waals surface area contributed by atoms with Gasteiger partial charge in [-0.2, -0.15) is 5.10 Å². The van der Waals surface area contributed by atoms with Crippen LogP contribution in [-0.2, 0) is 4.79 Å². The molecule has 2 aromatic carbocycles. The lowest BCUT2D eigenvalue weighted by molar-refractivity contribution is -0.118. The Morgan fingerprint density at radius 2 is 2.07 bits per heavy atom. The van der Waals surface area contributed by atoms with Crippen LogP contribution < -0.4 is 21.1 Å². The Kier molecular flexibility index (Phi) is 4.36. The van der Waals surface area contributed by atoms with Crippen molar-refractivity contribution in [2.45, 2.75) is 0 Å². The van der Waals surface area contributed by atoms with E-state index < -0.39 is 11.8 Å². The summed E-state index contributed by atoms with van der Waals surface area (Å²) in [5, 5.41) is 19.5. The molecular weight excluding hydrogens is 378 g/mol. The molecular formula is C19H15N5O5. The van der Waals surface area contributed by atoms with Gasteiger partial charge in [0.1, 0.15) is 11.5 Å². The Hall–Kier alpha value is -4.34. The zero-order valence-electron chi connectivity index (χ0n) is 14.9. The first-order valence-electron chi connectivity index (χ1n) is 8.46. The van der Waals surface area contributed by atoms with Crippen LogP contribution >= 0.6 is 0 Å². The molecule has 0 saturated carbocycles. The van der Waals surface area contributed by atoms with Crippen molar-refractivity contribution in [2.75, 3.05) is 17.2 Å². The number of rotatable bonds is 4. The summed E-state index contributed by atoms with van der Waals surface area (Å²) in [7, 11) is 0. The number of phenolic OH excluding ortho intramolecular Hbond substituents is 1. The number of hydrogen-bond donors (Lipinski definition) is 4. The fourth-order valence-corrected chi connectivity index (χ4v) is 2.79. The summed E-state index contributed by atoms with van der Waals surface area (Å²) in [4.78, 5) is 35.2. The number of nitrogens with two attached hydrogens (primary N) is 1. The minimum absolute atomic E-state index is 0.00515. The van der Waals surface area contributed by atoms with Gasteiger partial charge in [0.15, 0.2) is 6.61 Å². The molecule has 0 aliphatic carbocycles. The predicted octanol–water partition coefficient (Wildman–Crippen LogP) is 1.26. The smallest absolute Gasteiger partial charge is 0.262 e. The Balaban J connectivity index is 1.58. The fraction of sp³-hybridized carbons (Fsp3) is 0.0526. The van der Waals surface area contributed by atoms with Gasteiger partial charge in [-0.15, -0.1) is 0 Å². The highest BCUT2D eigenvalue weighted by atomic mass is 16.5. The van der Waals surface area contributed by atoms with Gasteiger partial charge in [0.25, 0.3) is 17.7 Å². The van der Waals surface area contributed by atoms with Gasteiger partial charge in [-0.1, -0.05) is 0 Å². The molecule has 10 nitrogen and oxygen atoms in total. The van der Waals surface area contributed by atoms with Gasteiger partial charge in [-0.25, -0.2) is 4.68 Å². The second-order valence-corrected chi connectivity index (χ2v) is 6.24. The van der Waals surface area contributed by atoms with Crippen LogP contribution in [0.3, 0.4) is 0 Å². The minimum atomic E-state index is -0.626. The summed E-state index contributed by atoms with van der Waals surface area (Å²) in [5.74, 6) is -1.25. The molecule has 2 heterocycles. The number of hydrogen-bond acceptors (Lipinski definition) is 6. The number of carbonyl (C=O) groups is 3. The van der Waals surface area contributed by atoms with Gasteiger partial charge in [-0.05, 0) is 30.3 Å². The molecule has 0 atom stereocenters. The quantitative estimate of drug-likeness (QED) is 0.524. The summed E-state index contributed by atoms with van der Waals surface area (Å²) in [6.45, 7) is -0.107. The summed E-state index contributed by atoms with van der Waals surface area (Å²) >= 11 is 0. The summed E-state index contributed by atoms with van der Waals surface area (Å²) in [6.07, 6.45) is 2.73. The number of nitrogens with one attached hydrogen (secondary N) is 2. The van der Waals surface area contributed by atoms with Crippen molar-refractivity contribution in [3.05, 3.63) is 59.9 Å². The van der Waals surface area contributed by atoms with Gasteiger partial charge in [0, 0.05) is 18.0 Å². The van der Waals surface area contributed by atoms with E-state index in [-0.39, 0.29) is 29.4 Å². The van der Waals surface area contributed by atoms with E-state index in [4.69, 9.17) is 10.5 Å². The van der Waals surface area contributed by atoms with Crippen molar-refractivity contribution < 1.29 is 24.2 Å². The average molecular weight is 393 g/mol. The van der Waals surface area contributed by atoms with Crippen molar-refractivity contribution in [3.8, 4) is 17.2 Å². The molecule has 146 valence electrons. The highest BCUT2D eigenvalue weighted by Crippen LogP contribution is 2.31. The molecule has 3 amide bonds. The van der Waals surface area contributed by atoms with Gasteiger partial charge < -0.3 is 26.2 Å². The van der Waals surface area contributed by atoms with Crippen molar-refractivity contribution in [2.24, 2.45) is 5.73 Å². The van der Waals surface area contributed by atoms with Gasteiger partial charge in [0.05, 0.1) is 28.7 Å². The second-order valence-electron chi connectivity index (χ2n) is 6.24. The van der Waals surface area contributed by atoms with Crippen LogP contribution in [0.15, 0.2) is 48.8 Å². The maximum absolute atomic E-state index is 12.7. The highest BCUT2D eigenvalue weighted by Gasteiger charge is 2.18. The van der Waals surface area contributed by atoms with Gasteiger partial charge >= 0.3 is 0 Å². The molecule has 1 aliphatic rings. The molecule has 29 heavy (non-hydrogen) atoms. The van der Waals surface area contributed by atoms with E-state index in [1.165, 1.54) is 29.2 Å². The number of nitrogens with zero attached hydrogens (tertiary/aromatic N) is 2. The SMILES string of the molecule is NC(=O)c1cnn(-c2ccc(O)c(C(=O)Nc3ccc4c(c3)OCC(=O)N4)c2)c1. The number of amides is 3. The minimum Gasteiger partial charge on any atom is -0.507 e. The number of ether oxygens (including phenoxy) is 1. The molecule has 3 aromatic rings. The van der Waals surface area contributed by atoms with Gasteiger partial charge in [0.2, 0.25) is 0 Å². The van der Waals surface area contributed by atoms with Crippen LogP contribution in [-0.4, -0.2) is 39.2 Å². The molecule has 0 radical (unpaired) electrons. The number of benzene rings is 2. The number of fused-ring (bicyclic) bond motifs is 1. The Labute approximate surface area is 163 Å². The van der Waals surface area contributed by atoms with Gasteiger partial charge in [-0.3, -0.25) is 14.4 Å². The maximum atomic E-state index is 12.7. The topological polar surface area (TPSA) is 149 Å². The van der Waals surface area contributed by atoms with E-state index in [2.05, 4.69) is 15.7 Å². The van der Waals surface area contributed by atoms with Crippen LogP contribution in [0.5, 0.6) is 11.5 Å². The first-order chi connectivity index (χ1) is 13.9. The summed E-state index contributed by atoms with van der Waals surface area (Å²) in [6, 6.07) is 9.09. The van der Waals surface area contributed by atoms with E-state index in [1.807, 2.05) is 0 Å². The molecule has 10 heteroatoms. The third kappa shape index (κ3) is 3.58. The molecule has 0 bridgehead atoms. The van der Waals surface area contributed by atoms with Crippen LogP contribution in [0.1, 0.15) is 20.7 Å². The largest absolute Gasteiger partial charge is 0.507 e. The van der Waals surface area contributed by atoms with E-state index >= 15 is 0 Å². The number of aromatic nitrogens is 2. The standard InChI is InChI=1S/C19H15N5O5/c20-18(27)10-7-21-24(8-10)12-2-4-15(25)13(6-12)19(28)22-11-1-3-14-16(5-11)29-9-17(26)23-14/h1-8,25H,9H2,(H2,20,27)(H,22,28)(H,23,26). The van der Waals surface area contributed by atoms with Crippen molar-refractivity contribution in [1.82, 2.24) is 9.78 Å². The molecule has 0 unspecified atom stereocenters.